The number of amides is 1. The molecule has 0 radical (unpaired) electrons. The number of rotatable bonds is 8. The maximum absolute atomic E-state index is 12.5. The maximum Gasteiger partial charge on any atom is 0.328 e. The third kappa shape index (κ3) is 10.1. The van der Waals surface area contributed by atoms with Gasteiger partial charge in [0.2, 0.25) is 5.91 Å². The molecule has 0 atom stereocenters. The number of carboxylic acid groups (broad SMARTS) is 2. The van der Waals surface area contributed by atoms with E-state index in [2.05, 4.69) is 5.32 Å². The maximum atomic E-state index is 12.5. The molecule has 1 aromatic carbocycles. The van der Waals surface area contributed by atoms with Gasteiger partial charge in [-0.3, -0.25) is 4.79 Å². The number of aliphatic carboxylic acids is 2. The second-order valence-electron chi connectivity index (χ2n) is 6.83. The molecule has 0 aromatic heterocycles. The van der Waals surface area contributed by atoms with Crippen LogP contribution in [0.3, 0.4) is 0 Å². The fraction of sp³-hybridized carbons (Fsp3) is 0.476. The highest BCUT2D eigenvalue weighted by Crippen LogP contribution is 2.28. The normalized spacial score (nSPS) is 14.1. The van der Waals surface area contributed by atoms with Crippen LogP contribution < -0.4 is 10.2 Å². The zero-order valence-electron chi connectivity index (χ0n) is 16.9. The summed E-state index contributed by atoms with van der Waals surface area (Å²) in [5.74, 6) is -1.58. The molecule has 1 saturated heterocycles. The van der Waals surface area contributed by atoms with Crippen LogP contribution in [-0.4, -0.2) is 47.7 Å². The number of hydrogen-bond acceptors (Lipinski definition) is 4. The molecule has 7 nitrogen and oxygen atoms in total. The highest BCUT2D eigenvalue weighted by atomic mass is 35.5. The van der Waals surface area contributed by atoms with E-state index < -0.39 is 11.9 Å². The van der Waals surface area contributed by atoms with Crippen molar-refractivity contribution in [1.82, 2.24) is 5.32 Å². The number of carbonyl (C=O) groups is 3. The number of hydrogen-bond donors (Lipinski definition) is 3. The van der Waals surface area contributed by atoms with Gasteiger partial charge in [-0.15, -0.1) is 0 Å². The van der Waals surface area contributed by atoms with E-state index in [0.717, 1.165) is 37.5 Å². The molecule has 2 rings (SSSR count). The third-order valence-corrected chi connectivity index (χ3v) is 5.40. The lowest BCUT2D eigenvalue weighted by atomic mass is 9.92. The second-order valence-corrected chi connectivity index (χ2v) is 7.65. The van der Waals surface area contributed by atoms with E-state index in [-0.39, 0.29) is 5.91 Å². The number of piperidine rings is 1. The van der Waals surface area contributed by atoms with E-state index in [1.54, 1.807) is 17.0 Å². The van der Waals surface area contributed by atoms with Crippen LogP contribution in [0.5, 0.6) is 0 Å². The predicted molar refractivity (Wildman–Crippen MR) is 118 cm³/mol. The number of halogens is 2. The predicted octanol–water partition coefficient (Wildman–Crippen LogP) is 4.23. The van der Waals surface area contributed by atoms with E-state index in [1.165, 1.54) is 12.8 Å². The second kappa shape index (κ2) is 14.0. The van der Waals surface area contributed by atoms with Crippen molar-refractivity contribution in [3.05, 3.63) is 40.4 Å². The molecule has 1 amide bonds. The summed E-state index contributed by atoms with van der Waals surface area (Å²) >= 11 is 12.0. The van der Waals surface area contributed by atoms with Crippen LogP contribution in [0.15, 0.2) is 30.4 Å². The lowest BCUT2D eigenvalue weighted by molar-refractivity contribution is -0.134. The number of carbonyl (C=O) groups excluding carboxylic acids is 1. The third-order valence-electron chi connectivity index (χ3n) is 4.66. The van der Waals surface area contributed by atoms with Crippen LogP contribution in [0.2, 0.25) is 10.0 Å². The Morgan fingerprint density at radius 2 is 1.70 bits per heavy atom. The summed E-state index contributed by atoms with van der Waals surface area (Å²) in [6.07, 6.45) is 6.29. The Bertz CT molecular complexity index is 733. The Balaban J connectivity index is 0.000000479. The summed E-state index contributed by atoms with van der Waals surface area (Å²) in [5, 5.41) is 20.0. The average molecular weight is 459 g/mol. The molecule has 166 valence electrons. The van der Waals surface area contributed by atoms with Crippen LogP contribution >= 0.6 is 23.2 Å². The minimum atomic E-state index is -1.26. The summed E-state index contributed by atoms with van der Waals surface area (Å²) in [5.41, 5.74) is 0.823. The number of nitrogens with one attached hydrogen (secondary N) is 1. The minimum Gasteiger partial charge on any atom is -0.478 e. The number of nitrogens with zero attached hydrogens (tertiary/aromatic N) is 1. The fourth-order valence-electron chi connectivity index (χ4n) is 3.15. The van der Waals surface area contributed by atoms with Gasteiger partial charge in [0.05, 0.1) is 10.0 Å². The lowest BCUT2D eigenvalue weighted by Gasteiger charge is -2.24. The van der Waals surface area contributed by atoms with Gasteiger partial charge in [-0.1, -0.05) is 23.2 Å². The number of anilines is 1. The van der Waals surface area contributed by atoms with Crippen molar-refractivity contribution in [2.75, 3.05) is 24.5 Å². The van der Waals surface area contributed by atoms with Crippen molar-refractivity contribution in [2.45, 2.75) is 39.0 Å². The van der Waals surface area contributed by atoms with Crippen LogP contribution in [0.1, 0.15) is 39.0 Å². The summed E-state index contributed by atoms with van der Waals surface area (Å²) in [6.45, 7) is 4.85. The van der Waals surface area contributed by atoms with Gasteiger partial charge in [0, 0.05) is 30.8 Å². The van der Waals surface area contributed by atoms with Crippen LogP contribution in [-0.2, 0) is 14.4 Å². The Labute approximate surface area is 186 Å². The first-order valence-corrected chi connectivity index (χ1v) is 10.6. The minimum absolute atomic E-state index is 0.162. The zero-order chi connectivity index (χ0) is 22.5. The SMILES string of the molecule is CCN(C(=O)CCCC1CCNCC1)c1ccc(Cl)c(Cl)c1.O=C(O)/C=C/C(=O)O. The Morgan fingerprint density at radius 1 is 1.10 bits per heavy atom. The molecule has 1 aliphatic rings. The molecule has 1 aliphatic heterocycles. The molecular weight excluding hydrogens is 431 g/mol. The van der Waals surface area contributed by atoms with Gasteiger partial charge >= 0.3 is 11.9 Å². The van der Waals surface area contributed by atoms with E-state index >= 15 is 0 Å². The Kier molecular flexibility index (Phi) is 12.1. The average Bonchev–Trinajstić information content (AvgIpc) is 2.71. The standard InChI is InChI=1S/C17H24Cl2N2O.C4H4O4/c1-2-21(14-6-7-15(18)16(19)12-14)17(22)5-3-4-13-8-10-20-11-9-13;5-3(6)1-2-4(7)8/h6-7,12-13,20H,2-5,8-11H2,1H3;1-2H,(H,5,6)(H,7,8)/b;2-1+. The molecule has 0 saturated carbocycles. The van der Waals surface area contributed by atoms with Crippen LogP contribution in [0, 0.1) is 5.92 Å². The molecule has 0 bridgehead atoms. The van der Waals surface area contributed by atoms with E-state index in [1.807, 2.05) is 13.0 Å². The van der Waals surface area contributed by atoms with Crippen molar-refractivity contribution in [2.24, 2.45) is 5.92 Å². The van der Waals surface area contributed by atoms with Gasteiger partial charge in [0.25, 0.3) is 0 Å². The molecule has 0 unspecified atom stereocenters. The highest BCUT2D eigenvalue weighted by molar-refractivity contribution is 6.42. The van der Waals surface area contributed by atoms with E-state index in [4.69, 9.17) is 33.4 Å². The van der Waals surface area contributed by atoms with Crippen molar-refractivity contribution in [3.8, 4) is 0 Å². The van der Waals surface area contributed by atoms with Crippen molar-refractivity contribution >= 4 is 46.7 Å². The summed E-state index contributed by atoms with van der Waals surface area (Å²) in [7, 11) is 0. The molecule has 3 N–H and O–H groups in total. The molecule has 1 fully saturated rings. The lowest BCUT2D eigenvalue weighted by Crippen LogP contribution is -2.31. The Morgan fingerprint density at radius 3 is 2.20 bits per heavy atom. The number of carboxylic acids is 2. The number of benzene rings is 1. The molecule has 1 heterocycles. The molecular formula is C21H28Cl2N2O5. The van der Waals surface area contributed by atoms with Crippen molar-refractivity contribution in [1.29, 1.82) is 0 Å². The first-order chi connectivity index (χ1) is 14.2. The molecule has 30 heavy (non-hydrogen) atoms. The van der Waals surface area contributed by atoms with Crippen molar-refractivity contribution in [3.63, 3.8) is 0 Å². The van der Waals surface area contributed by atoms with E-state index in [0.29, 0.717) is 35.2 Å². The quantitative estimate of drug-likeness (QED) is 0.503. The summed E-state index contributed by atoms with van der Waals surface area (Å²) in [6, 6.07) is 5.35. The van der Waals surface area contributed by atoms with Gasteiger partial charge in [-0.25, -0.2) is 9.59 Å². The largest absolute Gasteiger partial charge is 0.478 e. The van der Waals surface area contributed by atoms with E-state index in [9.17, 15) is 14.4 Å². The molecule has 1 aromatic rings. The topological polar surface area (TPSA) is 107 Å². The molecule has 9 heteroatoms. The Hall–Kier alpha value is -2.09. The smallest absolute Gasteiger partial charge is 0.328 e. The zero-order valence-corrected chi connectivity index (χ0v) is 18.5. The molecule has 0 spiro atoms. The van der Waals surface area contributed by atoms with Crippen LogP contribution in [0.4, 0.5) is 5.69 Å². The first kappa shape index (κ1) is 25.9. The van der Waals surface area contributed by atoms with Gasteiger partial charge in [0.15, 0.2) is 0 Å². The van der Waals surface area contributed by atoms with Gasteiger partial charge in [-0.2, -0.15) is 0 Å². The first-order valence-electron chi connectivity index (χ1n) is 9.84. The van der Waals surface area contributed by atoms with Crippen molar-refractivity contribution < 1.29 is 24.6 Å². The fourth-order valence-corrected chi connectivity index (χ4v) is 3.44. The highest BCUT2D eigenvalue weighted by Gasteiger charge is 2.17. The van der Waals surface area contributed by atoms with Gasteiger partial charge in [-0.05, 0) is 69.8 Å². The summed E-state index contributed by atoms with van der Waals surface area (Å²) in [4.78, 5) is 33.3. The monoisotopic (exact) mass is 458 g/mol. The van der Waals surface area contributed by atoms with Crippen LogP contribution in [0.25, 0.3) is 0 Å². The molecule has 0 aliphatic carbocycles. The van der Waals surface area contributed by atoms with Gasteiger partial charge < -0.3 is 20.4 Å². The summed E-state index contributed by atoms with van der Waals surface area (Å²) < 4.78 is 0. The van der Waals surface area contributed by atoms with Gasteiger partial charge in [0.1, 0.15) is 0 Å².